The van der Waals surface area contributed by atoms with Crippen LogP contribution >= 0.6 is 0 Å². The van der Waals surface area contributed by atoms with E-state index in [2.05, 4.69) is 15.4 Å². The van der Waals surface area contributed by atoms with E-state index in [0.29, 0.717) is 5.69 Å². The van der Waals surface area contributed by atoms with Gasteiger partial charge in [0.15, 0.2) is 11.6 Å². The van der Waals surface area contributed by atoms with Crippen LogP contribution in [0.15, 0.2) is 42.5 Å². The van der Waals surface area contributed by atoms with Crippen LogP contribution < -0.4 is 15.4 Å². The Kier molecular flexibility index (Phi) is 5.45. The molecule has 0 aromatic heterocycles. The molecule has 0 saturated carbocycles. The Morgan fingerprint density at radius 2 is 1.60 bits per heavy atom. The van der Waals surface area contributed by atoms with Crippen LogP contribution in [0.2, 0.25) is 0 Å². The van der Waals surface area contributed by atoms with Crippen LogP contribution in [0.25, 0.3) is 0 Å². The lowest BCUT2D eigenvalue weighted by molar-refractivity contribution is -0.274. The second-order valence-electron chi connectivity index (χ2n) is 5.06. The minimum atomic E-state index is -4.79. The van der Waals surface area contributed by atoms with Crippen LogP contribution in [0.3, 0.4) is 0 Å². The molecule has 1 atom stereocenters. The van der Waals surface area contributed by atoms with Crippen LogP contribution in [0.4, 0.5) is 33.3 Å². The van der Waals surface area contributed by atoms with Crippen molar-refractivity contribution >= 4 is 17.3 Å². The molecule has 2 N–H and O–H groups in total. The maximum absolute atomic E-state index is 13.1. The molecule has 0 spiro atoms. The predicted molar refractivity (Wildman–Crippen MR) is 81.2 cm³/mol. The van der Waals surface area contributed by atoms with Crippen molar-refractivity contribution in [3.05, 3.63) is 54.1 Å². The summed E-state index contributed by atoms with van der Waals surface area (Å²) in [6.07, 6.45) is -4.79. The highest BCUT2D eigenvalue weighted by atomic mass is 19.4. The summed E-state index contributed by atoms with van der Waals surface area (Å²) >= 11 is 0. The maximum atomic E-state index is 13.1. The van der Waals surface area contributed by atoms with E-state index in [9.17, 15) is 26.7 Å². The summed E-state index contributed by atoms with van der Waals surface area (Å²) in [6.45, 7) is 1.50. The number of carbonyl (C=O) groups excluding carboxylic acids is 1. The Hall–Kier alpha value is -2.84. The van der Waals surface area contributed by atoms with Gasteiger partial charge in [-0.1, -0.05) is 0 Å². The molecule has 2 aromatic carbocycles. The van der Waals surface area contributed by atoms with Gasteiger partial charge < -0.3 is 15.4 Å². The van der Waals surface area contributed by atoms with Gasteiger partial charge in [-0.15, -0.1) is 13.2 Å². The molecule has 134 valence electrons. The summed E-state index contributed by atoms with van der Waals surface area (Å²) < 4.78 is 65.9. The lowest BCUT2D eigenvalue weighted by Crippen LogP contribution is -2.31. The molecule has 9 heteroatoms. The highest BCUT2D eigenvalue weighted by Crippen LogP contribution is 2.24. The monoisotopic (exact) mass is 360 g/mol. The van der Waals surface area contributed by atoms with E-state index in [1.54, 1.807) is 0 Å². The van der Waals surface area contributed by atoms with Gasteiger partial charge in [0.2, 0.25) is 5.91 Å². The molecule has 0 aliphatic rings. The van der Waals surface area contributed by atoms with E-state index < -0.39 is 35.7 Å². The zero-order chi connectivity index (χ0) is 18.6. The number of halogens is 5. The predicted octanol–water partition coefficient (Wildman–Crippen LogP) is 4.30. The highest BCUT2D eigenvalue weighted by Gasteiger charge is 2.31. The van der Waals surface area contributed by atoms with Gasteiger partial charge in [-0.25, -0.2) is 8.78 Å². The zero-order valence-electron chi connectivity index (χ0n) is 12.8. The molecule has 25 heavy (non-hydrogen) atoms. The number of hydrogen-bond acceptors (Lipinski definition) is 3. The molecule has 2 rings (SSSR count). The number of rotatable bonds is 5. The molecule has 0 saturated heterocycles. The molecule has 0 radical (unpaired) electrons. The standard InChI is InChI=1S/C16H13F5N2O2/c1-9(15(24)23-11-4-7-13(17)14(18)8-11)22-10-2-5-12(6-3-10)25-16(19,20)21/h2-9,22H,1H3,(H,23,24). The van der Waals surface area contributed by atoms with Crippen molar-refractivity contribution in [1.29, 1.82) is 0 Å². The molecule has 0 aliphatic heterocycles. The van der Waals surface area contributed by atoms with Crippen LogP contribution in [0.5, 0.6) is 5.75 Å². The first-order valence-electron chi connectivity index (χ1n) is 7.02. The van der Waals surface area contributed by atoms with Crippen molar-refractivity contribution in [3.63, 3.8) is 0 Å². The summed E-state index contributed by atoms with van der Waals surface area (Å²) in [5.74, 6) is -3.07. The molecule has 0 fully saturated rings. The minimum absolute atomic E-state index is 0.0754. The number of ether oxygens (including phenoxy) is 1. The van der Waals surface area contributed by atoms with Crippen LogP contribution in [0.1, 0.15) is 6.92 Å². The zero-order valence-corrected chi connectivity index (χ0v) is 12.8. The number of hydrogen-bond donors (Lipinski definition) is 2. The third kappa shape index (κ3) is 5.63. The van der Waals surface area contributed by atoms with Gasteiger partial charge >= 0.3 is 6.36 Å². The average Bonchev–Trinajstić information content (AvgIpc) is 2.51. The molecule has 0 heterocycles. The summed E-state index contributed by atoms with van der Waals surface area (Å²) in [6, 6.07) is 6.93. The van der Waals surface area contributed by atoms with Gasteiger partial charge in [0, 0.05) is 17.4 Å². The van der Waals surface area contributed by atoms with E-state index in [0.717, 1.165) is 24.3 Å². The average molecular weight is 360 g/mol. The second-order valence-corrected chi connectivity index (χ2v) is 5.06. The molecule has 2 aromatic rings. The second kappa shape index (κ2) is 7.37. The molecule has 0 aliphatic carbocycles. The van der Waals surface area contributed by atoms with Gasteiger partial charge in [0.05, 0.1) is 0 Å². The highest BCUT2D eigenvalue weighted by molar-refractivity contribution is 5.96. The summed E-state index contributed by atoms with van der Waals surface area (Å²) in [5, 5.41) is 5.15. The normalized spacial score (nSPS) is 12.4. The summed E-state index contributed by atoms with van der Waals surface area (Å²) in [5.41, 5.74) is 0.453. The Balaban J connectivity index is 1.95. The van der Waals surface area contributed by atoms with Crippen LogP contribution in [0, 0.1) is 11.6 Å². The molecular weight excluding hydrogens is 347 g/mol. The molecule has 1 unspecified atom stereocenters. The Morgan fingerprint density at radius 1 is 1.00 bits per heavy atom. The number of anilines is 2. The van der Waals surface area contributed by atoms with Gasteiger partial charge in [-0.2, -0.15) is 0 Å². The molecule has 1 amide bonds. The van der Waals surface area contributed by atoms with Crippen molar-refractivity contribution < 1.29 is 31.5 Å². The molecule has 4 nitrogen and oxygen atoms in total. The Bertz CT molecular complexity index is 747. The van der Waals surface area contributed by atoms with E-state index in [1.165, 1.54) is 25.1 Å². The lowest BCUT2D eigenvalue weighted by atomic mass is 10.2. The van der Waals surface area contributed by atoms with Gasteiger partial charge in [-0.05, 0) is 43.3 Å². The third-order valence-corrected chi connectivity index (χ3v) is 3.05. The van der Waals surface area contributed by atoms with Gasteiger partial charge in [0.25, 0.3) is 0 Å². The first-order chi connectivity index (χ1) is 11.6. The number of amides is 1. The maximum Gasteiger partial charge on any atom is 0.573 e. The minimum Gasteiger partial charge on any atom is -0.406 e. The van der Waals surface area contributed by atoms with Crippen LogP contribution in [-0.2, 0) is 4.79 Å². The summed E-state index contributed by atoms with van der Waals surface area (Å²) in [4.78, 5) is 12.0. The fourth-order valence-electron chi connectivity index (χ4n) is 1.89. The van der Waals surface area contributed by atoms with Gasteiger partial charge in [-0.3, -0.25) is 4.79 Å². The topological polar surface area (TPSA) is 50.4 Å². The first kappa shape index (κ1) is 18.5. The van der Waals surface area contributed by atoms with E-state index in [-0.39, 0.29) is 5.69 Å². The van der Waals surface area contributed by atoms with Crippen molar-refractivity contribution in [2.24, 2.45) is 0 Å². The van der Waals surface area contributed by atoms with Crippen molar-refractivity contribution in [3.8, 4) is 5.75 Å². The fraction of sp³-hybridized carbons (Fsp3) is 0.188. The first-order valence-corrected chi connectivity index (χ1v) is 7.02. The van der Waals surface area contributed by atoms with Crippen molar-refractivity contribution in [2.75, 3.05) is 10.6 Å². The van der Waals surface area contributed by atoms with E-state index in [1.807, 2.05) is 0 Å². The van der Waals surface area contributed by atoms with E-state index >= 15 is 0 Å². The van der Waals surface area contributed by atoms with Crippen LogP contribution in [-0.4, -0.2) is 18.3 Å². The van der Waals surface area contributed by atoms with E-state index in [4.69, 9.17) is 0 Å². The largest absolute Gasteiger partial charge is 0.573 e. The number of carbonyl (C=O) groups is 1. The number of nitrogens with one attached hydrogen (secondary N) is 2. The summed E-state index contributed by atoms with van der Waals surface area (Å²) in [7, 11) is 0. The quantitative estimate of drug-likeness (QED) is 0.782. The molecular formula is C16H13F5N2O2. The molecule has 0 bridgehead atoms. The van der Waals surface area contributed by atoms with Gasteiger partial charge in [0.1, 0.15) is 11.8 Å². The number of alkyl halides is 3. The Morgan fingerprint density at radius 3 is 2.16 bits per heavy atom. The lowest BCUT2D eigenvalue weighted by Gasteiger charge is -2.16. The third-order valence-electron chi connectivity index (χ3n) is 3.05. The SMILES string of the molecule is CC(Nc1ccc(OC(F)(F)F)cc1)C(=O)Nc1ccc(F)c(F)c1. The number of benzene rings is 2. The fourth-order valence-corrected chi connectivity index (χ4v) is 1.89. The Labute approximate surface area is 139 Å². The smallest absolute Gasteiger partial charge is 0.406 e. The van der Waals surface area contributed by atoms with Crippen molar-refractivity contribution in [2.45, 2.75) is 19.3 Å². The van der Waals surface area contributed by atoms with Crippen molar-refractivity contribution in [1.82, 2.24) is 0 Å².